The van der Waals surface area contributed by atoms with Crippen LogP contribution in [0.2, 0.25) is 5.02 Å². The molecule has 2 aromatic rings. The van der Waals surface area contributed by atoms with Gasteiger partial charge in [0.2, 0.25) is 0 Å². The smallest absolute Gasteiger partial charge is 0.150 e. The lowest BCUT2D eigenvalue weighted by Gasteiger charge is -2.27. The lowest BCUT2D eigenvalue weighted by molar-refractivity contribution is -0.135. The van der Waals surface area contributed by atoms with Crippen molar-refractivity contribution in [2.45, 2.75) is 32.1 Å². The summed E-state index contributed by atoms with van der Waals surface area (Å²) >= 11 is 5.97. The normalized spacial score (nSPS) is 26.0. The van der Waals surface area contributed by atoms with Gasteiger partial charge in [-0.25, -0.2) is 0 Å². The fourth-order valence-corrected chi connectivity index (χ4v) is 4.32. The van der Waals surface area contributed by atoms with Crippen LogP contribution < -0.4 is 0 Å². The van der Waals surface area contributed by atoms with Gasteiger partial charge in [0.25, 0.3) is 0 Å². The first-order valence-electron chi connectivity index (χ1n) is 8.48. The highest BCUT2D eigenvalue weighted by Gasteiger charge is 2.47. The molecule has 2 atom stereocenters. The zero-order valence-corrected chi connectivity index (χ0v) is 14.3. The van der Waals surface area contributed by atoms with E-state index in [2.05, 4.69) is 0 Å². The van der Waals surface area contributed by atoms with Crippen LogP contribution in [0.1, 0.15) is 36.3 Å². The van der Waals surface area contributed by atoms with Crippen LogP contribution in [0.3, 0.4) is 0 Å². The quantitative estimate of drug-likeness (QED) is 0.725. The number of carbonyl (C=O) groups excluding carboxylic acids is 2. The molecule has 2 bridgehead atoms. The average Bonchev–Trinajstić information content (AvgIpc) is 3.03. The largest absolute Gasteiger partial charge is 0.298 e. The van der Waals surface area contributed by atoms with Gasteiger partial charge >= 0.3 is 0 Å². The third-order valence-electron chi connectivity index (χ3n) is 5.57. The molecule has 4 rings (SSSR count). The number of fused-ring (bicyclic) bond motifs is 2. The number of Topliss-reactive ketones (excluding diaryl/α,β-unsaturated/α-hetero) is 2. The summed E-state index contributed by atoms with van der Waals surface area (Å²) in [6.07, 6.45) is 2.52. The Morgan fingerprint density at radius 1 is 0.875 bits per heavy atom. The van der Waals surface area contributed by atoms with E-state index in [9.17, 15) is 9.59 Å². The predicted molar refractivity (Wildman–Crippen MR) is 95.2 cm³/mol. The van der Waals surface area contributed by atoms with Crippen LogP contribution in [-0.2, 0) is 9.59 Å². The van der Waals surface area contributed by atoms with Crippen LogP contribution in [0, 0.1) is 18.8 Å². The molecule has 0 spiro atoms. The average molecular weight is 339 g/mol. The second kappa shape index (κ2) is 5.86. The monoisotopic (exact) mass is 338 g/mol. The third kappa shape index (κ3) is 2.50. The Morgan fingerprint density at radius 2 is 1.46 bits per heavy atom. The van der Waals surface area contributed by atoms with Crippen molar-refractivity contribution in [2.75, 3.05) is 0 Å². The SMILES string of the molecule is Cc1ccc(-c2ccc(Cl)cc2)cc1C1C(=O)C2CCC(C2)C1=O. The van der Waals surface area contributed by atoms with Crippen molar-refractivity contribution in [3.05, 3.63) is 58.6 Å². The zero-order valence-electron chi connectivity index (χ0n) is 13.6. The Balaban J connectivity index is 1.78. The second-order valence-electron chi connectivity index (χ2n) is 7.02. The van der Waals surface area contributed by atoms with E-state index in [0.717, 1.165) is 41.5 Å². The molecule has 0 amide bonds. The number of rotatable bonds is 2. The van der Waals surface area contributed by atoms with Gasteiger partial charge in [-0.2, -0.15) is 0 Å². The van der Waals surface area contributed by atoms with Crippen molar-refractivity contribution in [3.8, 4) is 11.1 Å². The molecule has 0 heterocycles. The molecule has 0 radical (unpaired) electrons. The number of hydrogen-bond donors (Lipinski definition) is 0. The minimum atomic E-state index is -0.566. The maximum absolute atomic E-state index is 12.8. The van der Waals surface area contributed by atoms with E-state index in [-0.39, 0.29) is 23.4 Å². The highest BCUT2D eigenvalue weighted by molar-refractivity contribution is 6.30. The maximum atomic E-state index is 12.8. The summed E-state index contributed by atoms with van der Waals surface area (Å²) in [6, 6.07) is 13.7. The molecule has 0 aromatic heterocycles. The van der Waals surface area contributed by atoms with Crippen molar-refractivity contribution in [2.24, 2.45) is 11.8 Å². The van der Waals surface area contributed by atoms with Gasteiger partial charge in [-0.05, 0) is 66.6 Å². The maximum Gasteiger partial charge on any atom is 0.150 e. The van der Waals surface area contributed by atoms with Crippen LogP contribution in [-0.4, -0.2) is 11.6 Å². The van der Waals surface area contributed by atoms with Crippen LogP contribution >= 0.6 is 11.6 Å². The van der Waals surface area contributed by atoms with Gasteiger partial charge in [-0.3, -0.25) is 9.59 Å². The predicted octanol–water partition coefficient (Wildman–Crippen LogP) is 4.97. The van der Waals surface area contributed by atoms with Gasteiger partial charge in [0.15, 0.2) is 11.6 Å². The van der Waals surface area contributed by atoms with Gasteiger partial charge < -0.3 is 0 Å². The molecule has 2 aromatic carbocycles. The molecule has 2 aliphatic rings. The summed E-state index contributed by atoms with van der Waals surface area (Å²) in [7, 11) is 0. The van der Waals surface area contributed by atoms with E-state index >= 15 is 0 Å². The van der Waals surface area contributed by atoms with Crippen molar-refractivity contribution in [1.82, 2.24) is 0 Å². The van der Waals surface area contributed by atoms with Crippen LogP contribution in [0.5, 0.6) is 0 Å². The zero-order chi connectivity index (χ0) is 16.8. The van der Waals surface area contributed by atoms with Gasteiger partial charge in [0.05, 0.1) is 0 Å². The molecule has 2 aliphatic carbocycles. The summed E-state index contributed by atoms with van der Waals surface area (Å²) in [4.78, 5) is 25.6. The highest BCUT2D eigenvalue weighted by atomic mass is 35.5. The number of halogens is 1. The first-order valence-corrected chi connectivity index (χ1v) is 8.86. The van der Waals surface area contributed by atoms with E-state index in [1.807, 2.05) is 49.4 Å². The fraction of sp³-hybridized carbons (Fsp3) is 0.333. The molecular weight excluding hydrogens is 320 g/mol. The fourth-order valence-electron chi connectivity index (χ4n) is 4.19. The molecule has 2 fully saturated rings. The van der Waals surface area contributed by atoms with Crippen molar-refractivity contribution >= 4 is 23.2 Å². The van der Waals surface area contributed by atoms with Gasteiger partial charge in [-0.1, -0.05) is 35.9 Å². The Labute approximate surface area is 146 Å². The molecule has 2 nitrogen and oxygen atoms in total. The Kier molecular flexibility index (Phi) is 3.80. The number of aryl methyl sites for hydroxylation is 1. The molecule has 0 aliphatic heterocycles. The Hall–Kier alpha value is -1.93. The first kappa shape index (κ1) is 15.6. The number of benzene rings is 2. The van der Waals surface area contributed by atoms with Crippen molar-refractivity contribution in [3.63, 3.8) is 0 Å². The molecule has 122 valence electrons. The molecule has 2 unspecified atom stereocenters. The van der Waals surface area contributed by atoms with E-state index in [4.69, 9.17) is 11.6 Å². The Bertz CT molecular complexity index is 800. The van der Waals surface area contributed by atoms with Gasteiger partial charge in [-0.15, -0.1) is 0 Å². The molecular formula is C21H19ClO2. The van der Waals surface area contributed by atoms with E-state index < -0.39 is 5.92 Å². The number of hydrogen-bond acceptors (Lipinski definition) is 2. The van der Waals surface area contributed by atoms with E-state index in [1.165, 1.54) is 0 Å². The topological polar surface area (TPSA) is 34.1 Å². The van der Waals surface area contributed by atoms with Crippen LogP contribution in [0.25, 0.3) is 11.1 Å². The number of carbonyl (C=O) groups is 2. The van der Waals surface area contributed by atoms with Crippen LogP contribution in [0.15, 0.2) is 42.5 Å². The summed E-state index contributed by atoms with van der Waals surface area (Å²) in [5.41, 5.74) is 3.96. The van der Waals surface area contributed by atoms with E-state index in [0.29, 0.717) is 5.02 Å². The third-order valence-corrected chi connectivity index (χ3v) is 5.83. The standard InChI is InChI=1S/C21H19ClO2/c1-12-2-3-14(13-6-8-17(22)9-7-13)11-18(12)19-20(23)15-4-5-16(10-15)21(19)24/h2-3,6-9,11,15-16,19H,4-5,10H2,1H3. The van der Waals surface area contributed by atoms with Crippen molar-refractivity contribution < 1.29 is 9.59 Å². The summed E-state index contributed by atoms with van der Waals surface area (Å²) in [6.45, 7) is 1.98. The minimum absolute atomic E-state index is 0.0799. The number of ketones is 2. The molecule has 2 saturated carbocycles. The minimum Gasteiger partial charge on any atom is -0.298 e. The second-order valence-corrected chi connectivity index (χ2v) is 7.46. The summed E-state index contributed by atoms with van der Waals surface area (Å²) < 4.78 is 0. The lowest BCUT2D eigenvalue weighted by atomic mass is 9.74. The summed E-state index contributed by atoms with van der Waals surface area (Å²) in [5, 5.41) is 0.695. The molecule has 24 heavy (non-hydrogen) atoms. The summed E-state index contributed by atoms with van der Waals surface area (Å²) in [5.74, 6) is -0.147. The lowest BCUT2D eigenvalue weighted by Crippen LogP contribution is -2.35. The first-order chi connectivity index (χ1) is 11.5. The molecule has 3 heteroatoms. The Morgan fingerprint density at radius 3 is 2.08 bits per heavy atom. The van der Waals surface area contributed by atoms with Gasteiger partial charge in [0.1, 0.15) is 5.92 Å². The van der Waals surface area contributed by atoms with E-state index in [1.54, 1.807) is 0 Å². The molecule has 0 N–H and O–H groups in total. The van der Waals surface area contributed by atoms with Crippen LogP contribution in [0.4, 0.5) is 0 Å². The molecule has 0 saturated heterocycles. The van der Waals surface area contributed by atoms with Crippen molar-refractivity contribution in [1.29, 1.82) is 0 Å². The highest BCUT2D eigenvalue weighted by Crippen LogP contribution is 2.45. The van der Waals surface area contributed by atoms with Gasteiger partial charge in [0, 0.05) is 16.9 Å².